The molecule has 3 aromatic carbocycles. The molecule has 2 heterocycles. The third-order valence-corrected chi connectivity index (χ3v) is 7.52. The summed E-state index contributed by atoms with van der Waals surface area (Å²) in [4.78, 5) is 44.1. The Labute approximate surface area is 252 Å². The van der Waals surface area contributed by atoms with Crippen molar-refractivity contribution >= 4 is 17.8 Å². The summed E-state index contributed by atoms with van der Waals surface area (Å²) in [6.45, 7) is 7.10. The topological polar surface area (TPSA) is 100 Å². The second kappa shape index (κ2) is 13.5. The van der Waals surface area contributed by atoms with E-state index in [0.29, 0.717) is 48.9 Å². The molecular formula is C34H38N4O5. The van der Waals surface area contributed by atoms with Crippen molar-refractivity contribution in [2.24, 2.45) is 5.92 Å². The quantitative estimate of drug-likeness (QED) is 0.284. The number of carbonyl (C=O) groups is 3. The van der Waals surface area contributed by atoms with E-state index >= 15 is 0 Å². The highest BCUT2D eigenvalue weighted by atomic mass is 16.5. The Bertz CT molecular complexity index is 1470. The largest absolute Gasteiger partial charge is 0.492 e. The maximum absolute atomic E-state index is 14.2. The summed E-state index contributed by atoms with van der Waals surface area (Å²) in [6, 6.07) is 24.6. The Morgan fingerprint density at radius 2 is 1.63 bits per heavy atom. The van der Waals surface area contributed by atoms with Gasteiger partial charge in [0.05, 0.1) is 30.4 Å². The van der Waals surface area contributed by atoms with Crippen molar-refractivity contribution in [2.75, 3.05) is 26.2 Å². The molecule has 0 unspecified atom stereocenters. The zero-order valence-electron chi connectivity index (χ0n) is 24.8. The summed E-state index contributed by atoms with van der Waals surface area (Å²) in [7, 11) is 0. The first-order chi connectivity index (χ1) is 20.9. The van der Waals surface area contributed by atoms with Gasteiger partial charge in [-0.2, -0.15) is 0 Å². The molecule has 2 atom stereocenters. The van der Waals surface area contributed by atoms with Gasteiger partial charge in [-0.15, -0.1) is 0 Å². The van der Waals surface area contributed by atoms with Crippen LogP contribution < -0.4 is 20.1 Å². The molecule has 0 spiro atoms. The van der Waals surface area contributed by atoms with Gasteiger partial charge in [0.1, 0.15) is 29.9 Å². The number of hydrogen-bond acceptors (Lipinski definition) is 5. The highest BCUT2D eigenvalue weighted by Gasteiger charge is 2.46. The van der Waals surface area contributed by atoms with Crippen LogP contribution in [-0.2, 0) is 9.59 Å². The smallest absolute Gasteiger partial charge is 0.322 e. The zero-order chi connectivity index (χ0) is 30.3. The molecule has 2 aliphatic heterocycles. The average Bonchev–Trinajstić information content (AvgIpc) is 3.35. The Morgan fingerprint density at radius 1 is 0.953 bits per heavy atom. The van der Waals surface area contributed by atoms with Crippen LogP contribution in [0.4, 0.5) is 4.79 Å². The van der Waals surface area contributed by atoms with Crippen molar-refractivity contribution in [3.63, 3.8) is 0 Å². The van der Waals surface area contributed by atoms with Crippen LogP contribution >= 0.6 is 0 Å². The lowest BCUT2D eigenvalue weighted by atomic mass is 9.95. The number of benzene rings is 3. The molecule has 9 heteroatoms. The van der Waals surface area contributed by atoms with E-state index in [1.807, 2.05) is 106 Å². The first-order valence-electron chi connectivity index (χ1n) is 14.8. The van der Waals surface area contributed by atoms with Gasteiger partial charge in [0.2, 0.25) is 5.91 Å². The number of hydrogen-bond donors (Lipinski definition) is 2. The van der Waals surface area contributed by atoms with Crippen LogP contribution in [0, 0.1) is 5.92 Å². The van der Waals surface area contributed by atoms with Gasteiger partial charge in [0, 0.05) is 6.54 Å². The number of rotatable bonds is 12. The minimum atomic E-state index is -0.697. The number of carbonyl (C=O) groups excluding carboxylic acids is 3. The number of ether oxygens (including phenoxy) is 2. The van der Waals surface area contributed by atoms with Crippen LogP contribution in [0.15, 0.2) is 96.2 Å². The van der Waals surface area contributed by atoms with E-state index in [0.717, 1.165) is 11.3 Å². The summed E-state index contributed by atoms with van der Waals surface area (Å²) < 4.78 is 11.8. The van der Waals surface area contributed by atoms with Crippen LogP contribution in [-0.4, -0.2) is 59.9 Å². The molecule has 5 rings (SSSR count). The molecule has 9 nitrogen and oxygen atoms in total. The maximum atomic E-state index is 14.2. The van der Waals surface area contributed by atoms with E-state index in [2.05, 4.69) is 10.6 Å². The fourth-order valence-electron chi connectivity index (χ4n) is 5.53. The molecule has 0 bridgehead atoms. The molecule has 0 fully saturated rings. The van der Waals surface area contributed by atoms with E-state index < -0.39 is 12.1 Å². The number of nitrogens with one attached hydrogen (secondary N) is 2. The number of amides is 4. The molecule has 2 aliphatic rings. The lowest BCUT2D eigenvalue weighted by Crippen LogP contribution is -2.50. The summed E-state index contributed by atoms with van der Waals surface area (Å²) in [5.74, 6) is 1.67. The molecule has 0 radical (unpaired) electrons. The van der Waals surface area contributed by atoms with E-state index in [-0.39, 0.29) is 30.3 Å². The molecule has 0 aliphatic carbocycles. The lowest BCUT2D eigenvalue weighted by Gasteiger charge is -2.33. The van der Waals surface area contributed by atoms with Crippen molar-refractivity contribution in [1.29, 1.82) is 0 Å². The van der Waals surface area contributed by atoms with Crippen molar-refractivity contribution in [3.05, 3.63) is 102 Å². The summed E-state index contributed by atoms with van der Waals surface area (Å²) in [6.07, 6.45) is 0.482. The molecule has 43 heavy (non-hydrogen) atoms. The van der Waals surface area contributed by atoms with E-state index in [4.69, 9.17) is 9.47 Å². The van der Waals surface area contributed by atoms with Gasteiger partial charge < -0.3 is 25.0 Å². The SMILES string of the molecule is CCN1C(=O)N[C@@H](c2cccc(Oc3ccccc3)c2)C2=C1CN([C@@H](CC(C)C)C(=O)NCCOc1ccccc1)C2=O. The first kappa shape index (κ1) is 29.7. The van der Waals surface area contributed by atoms with E-state index in [1.54, 1.807) is 9.80 Å². The fourth-order valence-corrected chi connectivity index (χ4v) is 5.53. The van der Waals surface area contributed by atoms with Gasteiger partial charge in [-0.1, -0.05) is 62.4 Å². The van der Waals surface area contributed by atoms with Gasteiger partial charge in [0.25, 0.3) is 5.91 Å². The zero-order valence-corrected chi connectivity index (χ0v) is 24.8. The molecule has 2 N–H and O–H groups in total. The molecule has 0 aromatic heterocycles. The van der Waals surface area contributed by atoms with Crippen molar-refractivity contribution in [1.82, 2.24) is 20.4 Å². The van der Waals surface area contributed by atoms with Crippen LogP contribution in [0.2, 0.25) is 0 Å². The van der Waals surface area contributed by atoms with Gasteiger partial charge in [-0.25, -0.2) is 4.79 Å². The summed E-state index contributed by atoms with van der Waals surface area (Å²) in [5, 5.41) is 5.98. The second-order valence-corrected chi connectivity index (χ2v) is 11.0. The molecule has 4 amide bonds. The maximum Gasteiger partial charge on any atom is 0.322 e. The summed E-state index contributed by atoms with van der Waals surface area (Å²) in [5.41, 5.74) is 1.83. The summed E-state index contributed by atoms with van der Waals surface area (Å²) >= 11 is 0. The predicted octanol–water partition coefficient (Wildman–Crippen LogP) is 5.27. The number of likely N-dealkylation sites (N-methyl/N-ethyl adjacent to an activating group) is 1. The molecular weight excluding hydrogens is 544 g/mol. The van der Waals surface area contributed by atoms with E-state index in [9.17, 15) is 14.4 Å². The van der Waals surface area contributed by atoms with Crippen molar-refractivity contribution < 1.29 is 23.9 Å². The number of urea groups is 1. The van der Waals surface area contributed by atoms with Crippen molar-refractivity contribution in [2.45, 2.75) is 39.3 Å². The monoisotopic (exact) mass is 582 g/mol. The Balaban J connectivity index is 1.36. The van der Waals surface area contributed by atoms with Crippen LogP contribution in [0.5, 0.6) is 17.2 Å². The van der Waals surface area contributed by atoms with Crippen LogP contribution in [0.3, 0.4) is 0 Å². The highest BCUT2D eigenvalue weighted by molar-refractivity contribution is 6.03. The van der Waals surface area contributed by atoms with E-state index in [1.165, 1.54) is 0 Å². The standard InChI is InChI=1S/C34H38N4O5/c1-4-37-29-22-38(28(20-23(2)3)32(39)35-18-19-42-25-13-7-5-8-14-25)33(40)30(29)31(36-34(37)41)24-12-11-17-27(21-24)43-26-15-9-6-10-16-26/h5-17,21,23,28,31H,4,18-20,22H2,1-3H3,(H,35,39)(H,36,41)/t28-,31-/m0/s1. The predicted molar refractivity (Wildman–Crippen MR) is 164 cm³/mol. The van der Waals surface area contributed by atoms with Gasteiger partial charge in [-0.3, -0.25) is 14.5 Å². The van der Waals surface area contributed by atoms with Crippen LogP contribution in [0.1, 0.15) is 38.8 Å². The third kappa shape index (κ3) is 6.83. The molecule has 3 aromatic rings. The first-order valence-corrected chi connectivity index (χ1v) is 14.8. The molecule has 0 saturated heterocycles. The highest BCUT2D eigenvalue weighted by Crippen LogP contribution is 2.38. The number of nitrogens with zero attached hydrogens (tertiary/aromatic N) is 2. The Kier molecular flexibility index (Phi) is 9.29. The van der Waals surface area contributed by atoms with Gasteiger partial charge in [0.15, 0.2) is 0 Å². The Morgan fingerprint density at radius 3 is 2.30 bits per heavy atom. The molecule has 224 valence electrons. The lowest BCUT2D eigenvalue weighted by molar-refractivity contribution is -0.137. The number of para-hydroxylation sites is 2. The normalized spacial score (nSPS) is 17.1. The van der Waals surface area contributed by atoms with Gasteiger partial charge >= 0.3 is 6.03 Å². The minimum absolute atomic E-state index is 0.159. The Hall–Kier alpha value is -4.79. The fraction of sp³-hybridized carbons (Fsp3) is 0.324. The minimum Gasteiger partial charge on any atom is -0.492 e. The van der Waals surface area contributed by atoms with Crippen LogP contribution in [0.25, 0.3) is 0 Å². The third-order valence-electron chi connectivity index (χ3n) is 7.52. The average molecular weight is 583 g/mol. The van der Waals surface area contributed by atoms with Gasteiger partial charge in [-0.05, 0) is 61.2 Å². The second-order valence-electron chi connectivity index (χ2n) is 11.0. The molecule has 0 saturated carbocycles. The van der Waals surface area contributed by atoms with Crippen molar-refractivity contribution in [3.8, 4) is 17.2 Å².